The molecule has 1 saturated heterocycles. The molecule has 2 heterocycles. The molecule has 1 fully saturated rings. The second-order valence-electron chi connectivity index (χ2n) is 6.82. The highest BCUT2D eigenvalue weighted by Gasteiger charge is 2.49. The summed E-state index contributed by atoms with van der Waals surface area (Å²) >= 11 is 0. The normalized spacial score (nSPS) is 26.8. The Bertz CT molecular complexity index is 750. The number of hydrogen-bond donors (Lipinski definition) is 1. The largest absolute Gasteiger partial charge is 0.383 e. The Hall–Kier alpha value is -1.87. The summed E-state index contributed by atoms with van der Waals surface area (Å²) in [7, 11) is 0. The van der Waals surface area contributed by atoms with Crippen LogP contribution in [0.2, 0.25) is 0 Å². The molecule has 0 aromatic heterocycles. The van der Waals surface area contributed by atoms with E-state index in [0.29, 0.717) is 6.42 Å². The lowest BCUT2D eigenvalue weighted by atomic mass is 9.80. The van der Waals surface area contributed by atoms with E-state index in [-0.39, 0.29) is 17.5 Å². The molecule has 0 spiro atoms. The number of rotatable bonds is 0. The third kappa shape index (κ3) is 1.67. The van der Waals surface area contributed by atoms with E-state index >= 15 is 0 Å². The van der Waals surface area contributed by atoms with Gasteiger partial charge in [-0.3, -0.25) is 4.79 Å². The van der Waals surface area contributed by atoms with Crippen LogP contribution in [0.4, 0.5) is 0 Å². The number of hydrogen-bond acceptors (Lipinski definition) is 2. The fourth-order valence-electron chi connectivity index (χ4n) is 4.10. The Morgan fingerprint density at radius 2 is 1.95 bits per heavy atom. The van der Waals surface area contributed by atoms with Crippen LogP contribution in [0.1, 0.15) is 37.4 Å². The quantitative estimate of drug-likeness (QED) is 0.806. The number of amides is 1. The third-order valence-electron chi connectivity index (χ3n) is 4.98. The molecule has 21 heavy (non-hydrogen) atoms. The number of carbonyl (C=O) groups is 1. The van der Waals surface area contributed by atoms with Crippen LogP contribution in [0, 0.1) is 0 Å². The molecule has 0 bridgehead atoms. The summed E-state index contributed by atoms with van der Waals surface area (Å²) in [5.41, 5.74) is 2.29. The number of nitrogens with zero attached hydrogens (tertiary/aromatic N) is 1. The summed E-state index contributed by atoms with van der Waals surface area (Å²) in [5.74, 6) is -0.121. The Kier molecular flexibility index (Phi) is 2.49. The van der Waals surface area contributed by atoms with E-state index in [0.717, 1.165) is 6.42 Å². The highest BCUT2D eigenvalue weighted by atomic mass is 16.3. The number of benzene rings is 2. The maximum absolute atomic E-state index is 12.3. The van der Waals surface area contributed by atoms with Crippen LogP contribution in [-0.4, -0.2) is 27.6 Å². The molecule has 2 atom stereocenters. The van der Waals surface area contributed by atoms with Crippen LogP contribution >= 0.6 is 0 Å². The first-order valence-electron chi connectivity index (χ1n) is 7.51. The van der Waals surface area contributed by atoms with Crippen molar-refractivity contribution in [1.82, 2.24) is 4.90 Å². The zero-order valence-corrected chi connectivity index (χ0v) is 12.3. The summed E-state index contributed by atoms with van der Waals surface area (Å²) < 4.78 is 0. The van der Waals surface area contributed by atoms with Crippen molar-refractivity contribution in [3.63, 3.8) is 0 Å². The molecule has 0 saturated carbocycles. The number of fused-ring (bicyclic) bond motifs is 5. The molecule has 3 heteroatoms. The molecule has 3 nitrogen and oxygen atoms in total. The van der Waals surface area contributed by atoms with Gasteiger partial charge in [-0.2, -0.15) is 0 Å². The molecule has 108 valence electrons. The fourth-order valence-corrected chi connectivity index (χ4v) is 4.10. The molecule has 2 aliphatic rings. The van der Waals surface area contributed by atoms with E-state index in [1.165, 1.54) is 21.9 Å². The lowest BCUT2D eigenvalue weighted by Crippen LogP contribution is -2.51. The van der Waals surface area contributed by atoms with Gasteiger partial charge in [0.25, 0.3) is 5.91 Å². The van der Waals surface area contributed by atoms with Gasteiger partial charge >= 0.3 is 0 Å². The standard InChI is InChI=1S/C18H19NO2/c1-18(2)10-14-12-6-4-3-5-11(12)7-8-13(14)15-9-16(20)17(21)19(15)18/h3-8,15-16,20H,9-10H2,1-2H3/t15-,16-/m1/s1. The number of aliphatic hydroxyl groups excluding tert-OH is 1. The average molecular weight is 281 g/mol. The van der Waals surface area contributed by atoms with Crippen LogP contribution in [0.5, 0.6) is 0 Å². The molecule has 1 amide bonds. The van der Waals surface area contributed by atoms with Crippen molar-refractivity contribution < 1.29 is 9.90 Å². The maximum atomic E-state index is 12.3. The van der Waals surface area contributed by atoms with Crippen molar-refractivity contribution >= 4 is 16.7 Å². The zero-order chi connectivity index (χ0) is 14.8. The zero-order valence-electron chi connectivity index (χ0n) is 12.3. The van der Waals surface area contributed by atoms with E-state index in [2.05, 4.69) is 50.2 Å². The molecule has 1 N–H and O–H groups in total. The Labute approximate surface area is 124 Å². The second kappa shape index (κ2) is 4.08. The SMILES string of the molecule is CC1(C)Cc2c(ccc3ccccc23)[C@H]2C[C@@H](O)C(=O)N21. The minimum absolute atomic E-state index is 0.0101. The molecule has 4 rings (SSSR count). The molecular formula is C18H19NO2. The van der Waals surface area contributed by atoms with Gasteiger partial charge in [-0.1, -0.05) is 36.4 Å². The summed E-state index contributed by atoms with van der Waals surface area (Å²) in [6.07, 6.45) is 0.485. The number of carbonyl (C=O) groups excluding carboxylic acids is 1. The van der Waals surface area contributed by atoms with Crippen LogP contribution in [0.3, 0.4) is 0 Å². The topological polar surface area (TPSA) is 40.5 Å². The van der Waals surface area contributed by atoms with Crippen molar-refractivity contribution in [2.45, 2.75) is 44.4 Å². The smallest absolute Gasteiger partial charge is 0.252 e. The average Bonchev–Trinajstić information content (AvgIpc) is 2.75. The summed E-state index contributed by atoms with van der Waals surface area (Å²) in [6.45, 7) is 4.20. The highest BCUT2D eigenvalue weighted by Crippen LogP contribution is 2.47. The first-order valence-corrected chi connectivity index (χ1v) is 7.51. The Morgan fingerprint density at radius 1 is 1.19 bits per heavy atom. The third-order valence-corrected chi connectivity index (χ3v) is 4.98. The van der Waals surface area contributed by atoms with E-state index in [9.17, 15) is 9.90 Å². The molecule has 0 unspecified atom stereocenters. The molecule has 2 aromatic carbocycles. The van der Waals surface area contributed by atoms with E-state index in [4.69, 9.17) is 0 Å². The van der Waals surface area contributed by atoms with E-state index in [1.807, 2.05) is 4.90 Å². The van der Waals surface area contributed by atoms with Crippen LogP contribution in [-0.2, 0) is 11.2 Å². The van der Waals surface area contributed by atoms with Crippen LogP contribution in [0.25, 0.3) is 10.8 Å². The van der Waals surface area contributed by atoms with Gasteiger partial charge in [0.05, 0.1) is 6.04 Å². The first kappa shape index (κ1) is 12.8. The summed E-state index contributed by atoms with van der Waals surface area (Å²) in [4.78, 5) is 14.2. The molecule has 2 aliphatic heterocycles. The van der Waals surface area contributed by atoms with Crippen molar-refractivity contribution in [3.8, 4) is 0 Å². The van der Waals surface area contributed by atoms with Crippen molar-refractivity contribution in [2.24, 2.45) is 0 Å². The maximum Gasteiger partial charge on any atom is 0.252 e. The van der Waals surface area contributed by atoms with Crippen LogP contribution in [0.15, 0.2) is 36.4 Å². The van der Waals surface area contributed by atoms with Crippen molar-refractivity contribution in [3.05, 3.63) is 47.5 Å². The molecule has 0 radical (unpaired) electrons. The van der Waals surface area contributed by atoms with Gasteiger partial charge < -0.3 is 10.0 Å². The minimum Gasteiger partial charge on any atom is -0.383 e. The molecule has 0 aliphatic carbocycles. The van der Waals surface area contributed by atoms with Gasteiger partial charge in [0.1, 0.15) is 6.10 Å². The second-order valence-corrected chi connectivity index (χ2v) is 6.82. The first-order chi connectivity index (χ1) is 9.99. The van der Waals surface area contributed by atoms with E-state index < -0.39 is 6.10 Å². The van der Waals surface area contributed by atoms with Crippen molar-refractivity contribution in [1.29, 1.82) is 0 Å². The molecule has 2 aromatic rings. The Balaban J connectivity index is 1.98. The lowest BCUT2D eigenvalue weighted by Gasteiger charge is -2.45. The van der Waals surface area contributed by atoms with Crippen molar-refractivity contribution in [2.75, 3.05) is 0 Å². The van der Waals surface area contributed by atoms with Gasteiger partial charge in [0.15, 0.2) is 0 Å². The van der Waals surface area contributed by atoms with E-state index in [1.54, 1.807) is 0 Å². The van der Waals surface area contributed by atoms with Gasteiger partial charge in [0, 0.05) is 12.0 Å². The molecular weight excluding hydrogens is 262 g/mol. The monoisotopic (exact) mass is 281 g/mol. The highest BCUT2D eigenvalue weighted by molar-refractivity contribution is 5.90. The van der Waals surface area contributed by atoms with Gasteiger partial charge in [-0.25, -0.2) is 0 Å². The van der Waals surface area contributed by atoms with Gasteiger partial charge in [-0.05, 0) is 42.2 Å². The Morgan fingerprint density at radius 3 is 2.76 bits per heavy atom. The van der Waals surface area contributed by atoms with Crippen LogP contribution < -0.4 is 0 Å². The predicted molar refractivity (Wildman–Crippen MR) is 81.9 cm³/mol. The summed E-state index contributed by atoms with van der Waals surface area (Å²) in [5, 5.41) is 12.5. The minimum atomic E-state index is -0.855. The predicted octanol–water partition coefficient (Wildman–Crippen LogP) is 2.81. The van der Waals surface area contributed by atoms with Gasteiger partial charge in [-0.15, -0.1) is 0 Å². The number of aliphatic hydroxyl groups is 1. The fraction of sp³-hybridized carbons (Fsp3) is 0.389. The van der Waals surface area contributed by atoms with Gasteiger partial charge in [0.2, 0.25) is 0 Å². The summed E-state index contributed by atoms with van der Waals surface area (Å²) in [6, 6.07) is 12.7. The lowest BCUT2D eigenvalue weighted by molar-refractivity contribution is -0.140.